The number of aromatic nitrogens is 1. The van der Waals surface area contributed by atoms with E-state index < -0.39 is 7.82 Å². The lowest BCUT2D eigenvalue weighted by atomic mass is 10.2. The molecule has 0 aliphatic rings. The van der Waals surface area contributed by atoms with Crippen molar-refractivity contribution >= 4 is 18.7 Å². The maximum atomic E-state index is 8.88. The van der Waals surface area contributed by atoms with E-state index in [2.05, 4.69) is 4.98 Å². The number of nitrogens with zero attached hydrogens (tertiary/aromatic N) is 1. The number of ether oxygens (including phenoxy) is 1. The molecule has 0 atom stereocenters. The smallest absolute Gasteiger partial charge is 0.466 e. The predicted octanol–water partition coefficient (Wildman–Crippen LogP) is 1.31. The summed E-state index contributed by atoms with van der Waals surface area (Å²) in [5.74, 6) is 0.871. The van der Waals surface area contributed by atoms with Gasteiger partial charge in [0, 0.05) is 11.6 Å². The molecule has 1 aromatic heterocycles. The van der Waals surface area contributed by atoms with Crippen LogP contribution in [0.15, 0.2) is 36.5 Å². The summed E-state index contributed by atoms with van der Waals surface area (Å²) in [5, 5.41) is 1.11. The van der Waals surface area contributed by atoms with E-state index in [1.165, 1.54) is 0 Å². The Morgan fingerprint density at radius 2 is 1.88 bits per heavy atom. The summed E-state index contributed by atoms with van der Waals surface area (Å²) < 4.78 is 14.0. The molecule has 0 radical (unpaired) electrons. The van der Waals surface area contributed by atoms with Gasteiger partial charge < -0.3 is 19.4 Å². The summed E-state index contributed by atoms with van der Waals surface area (Å²) in [7, 11) is -2.97. The molecular weight excluding hydrogens is 245 g/mol. The number of hydrogen-bond acceptors (Lipinski definition) is 3. The molecule has 3 N–H and O–H groups in total. The molecule has 17 heavy (non-hydrogen) atoms. The minimum atomic E-state index is -4.64. The van der Waals surface area contributed by atoms with Crippen LogP contribution in [0.2, 0.25) is 0 Å². The SMILES string of the molecule is COc1ccc2ncccc2c1.O=P(O)(O)O. The minimum Gasteiger partial charge on any atom is -0.497 e. The fourth-order valence-electron chi connectivity index (χ4n) is 1.18. The normalized spacial score (nSPS) is 10.6. The molecule has 1 heterocycles. The van der Waals surface area contributed by atoms with Gasteiger partial charge in [-0.15, -0.1) is 0 Å². The van der Waals surface area contributed by atoms with Crippen LogP contribution in [0.25, 0.3) is 10.9 Å². The van der Waals surface area contributed by atoms with Crippen molar-refractivity contribution < 1.29 is 24.0 Å². The van der Waals surface area contributed by atoms with Crippen LogP contribution < -0.4 is 4.74 Å². The van der Waals surface area contributed by atoms with Crippen LogP contribution in [0, 0.1) is 0 Å². The molecule has 0 aliphatic heterocycles. The first-order valence-electron chi connectivity index (χ1n) is 4.57. The second kappa shape index (κ2) is 5.75. The Hall–Kier alpha value is -1.46. The number of pyridine rings is 1. The Balaban J connectivity index is 0.000000249. The predicted molar refractivity (Wildman–Crippen MR) is 62.6 cm³/mol. The quantitative estimate of drug-likeness (QED) is 0.666. The lowest BCUT2D eigenvalue weighted by Crippen LogP contribution is -1.82. The monoisotopic (exact) mass is 257 g/mol. The van der Waals surface area contributed by atoms with Gasteiger partial charge in [-0.1, -0.05) is 6.07 Å². The van der Waals surface area contributed by atoms with Gasteiger partial charge in [0.05, 0.1) is 12.6 Å². The first-order chi connectivity index (χ1) is 7.90. The van der Waals surface area contributed by atoms with Crippen molar-refractivity contribution in [1.82, 2.24) is 4.98 Å². The Bertz CT molecular complexity index is 531. The van der Waals surface area contributed by atoms with Crippen LogP contribution >= 0.6 is 7.82 Å². The fourth-order valence-corrected chi connectivity index (χ4v) is 1.18. The molecule has 1 aromatic carbocycles. The van der Waals surface area contributed by atoms with E-state index in [1.807, 2.05) is 30.3 Å². The van der Waals surface area contributed by atoms with E-state index >= 15 is 0 Å². The Morgan fingerprint density at radius 1 is 1.24 bits per heavy atom. The minimum absolute atomic E-state index is 0.871. The zero-order valence-corrected chi connectivity index (χ0v) is 9.91. The maximum Gasteiger partial charge on any atom is 0.466 e. The Labute approximate surface area is 97.7 Å². The van der Waals surface area contributed by atoms with Gasteiger partial charge in [-0.05, 0) is 24.3 Å². The molecular formula is C10H12NO5P. The molecule has 0 unspecified atom stereocenters. The third-order valence-corrected chi connectivity index (χ3v) is 1.81. The molecule has 0 saturated heterocycles. The van der Waals surface area contributed by atoms with E-state index in [1.54, 1.807) is 13.3 Å². The first-order valence-corrected chi connectivity index (χ1v) is 6.14. The van der Waals surface area contributed by atoms with Crippen LogP contribution in [0.1, 0.15) is 0 Å². The van der Waals surface area contributed by atoms with Gasteiger partial charge in [-0.3, -0.25) is 4.98 Å². The fraction of sp³-hybridized carbons (Fsp3) is 0.100. The van der Waals surface area contributed by atoms with E-state index in [0.717, 1.165) is 16.7 Å². The second-order valence-corrected chi connectivity index (χ2v) is 4.10. The third kappa shape index (κ3) is 5.42. The zero-order valence-electron chi connectivity index (χ0n) is 9.02. The van der Waals surface area contributed by atoms with E-state index in [9.17, 15) is 0 Å². The molecule has 0 aliphatic carbocycles. The number of hydrogen-bond donors (Lipinski definition) is 3. The van der Waals surface area contributed by atoms with Crippen molar-refractivity contribution in [3.63, 3.8) is 0 Å². The summed E-state index contributed by atoms with van der Waals surface area (Å²) >= 11 is 0. The van der Waals surface area contributed by atoms with Crippen molar-refractivity contribution in [1.29, 1.82) is 0 Å². The molecule has 92 valence electrons. The molecule has 2 rings (SSSR count). The van der Waals surface area contributed by atoms with E-state index in [-0.39, 0.29) is 0 Å². The Kier molecular flexibility index (Phi) is 4.60. The molecule has 6 nitrogen and oxygen atoms in total. The van der Waals surface area contributed by atoms with Gasteiger partial charge in [0.25, 0.3) is 0 Å². The van der Waals surface area contributed by atoms with Crippen molar-refractivity contribution in [2.24, 2.45) is 0 Å². The van der Waals surface area contributed by atoms with Gasteiger partial charge in [-0.25, -0.2) is 4.57 Å². The molecule has 0 amide bonds. The van der Waals surface area contributed by atoms with E-state index in [4.69, 9.17) is 24.0 Å². The average molecular weight is 257 g/mol. The van der Waals surface area contributed by atoms with Gasteiger partial charge in [0.1, 0.15) is 5.75 Å². The summed E-state index contributed by atoms with van der Waals surface area (Å²) in [6.45, 7) is 0. The molecule has 0 saturated carbocycles. The highest BCUT2D eigenvalue weighted by Gasteiger charge is 2.00. The highest BCUT2D eigenvalue weighted by Crippen LogP contribution is 2.25. The topological polar surface area (TPSA) is 99.9 Å². The lowest BCUT2D eigenvalue weighted by molar-refractivity contribution is 0.275. The summed E-state index contributed by atoms with van der Waals surface area (Å²) in [5.41, 5.74) is 0.998. The lowest BCUT2D eigenvalue weighted by Gasteiger charge is -2.00. The second-order valence-electron chi connectivity index (χ2n) is 3.08. The number of phosphoric acid groups is 1. The first kappa shape index (κ1) is 13.6. The highest BCUT2D eigenvalue weighted by atomic mass is 31.2. The van der Waals surface area contributed by atoms with E-state index in [0.29, 0.717) is 0 Å². The number of methoxy groups -OCH3 is 1. The number of benzene rings is 1. The average Bonchev–Trinajstić information content (AvgIpc) is 2.26. The summed E-state index contributed by atoms with van der Waals surface area (Å²) in [4.78, 5) is 25.8. The van der Waals surface area contributed by atoms with Crippen molar-refractivity contribution in [2.75, 3.05) is 7.11 Å². The van der Waals surface area contributed by atoms with Crippen molar-refractivity contribution in [2.45, 2.75) is 0 Å². The largest absolute Gasteiger partial charge is 0.497 e. The molecule has 2 aromatic rings. The summed E-state index contributed by atoms with van der Waals surface area (Å²) in [6, 6.07) is 9.78. The van der Waals surface area contributed by atoms with Crippen LogP contribution in [0.3, 0.4) is 0 Å². The van der Waals surface area contributed by atoms with Crippen molar-refractivity contribution in [3.05, 3.63) is 36.5 Å². The van der Waals surface area contributed by atoms with Gasteiger partial charge >= 0.3 is 7.82 Å². The Morgan fingerprint density at radius 3 is 2.47 bits per heavy atom. The molecule has 0 fully saturated rings. The van der Waals surface area contributed by atoms with Gasteiger partial charge in [-0.2, -0.15) is 0 Å². The number of rotatable bonds is 1. The summed E-state index contributed by atoms with van der Waals surface area (Å²) in [6.07, 6.45) is 1.79. The van der Waals surface area contributed by atoms with Crippen molar-refractivity contribution in [3.8, 4) is 5.75 Å². The number of fused-ring (bicyclic) bond motifs is 1. The van der Waals surface area contributed by atoms with Gasteiger partial charge in [0.15, 0.2) is 0 Å². The molecule has 0 spiro atoms. The van der Waals surface area contributed by atoms with Crippen LogP contribution in [-0.2, 0) is 4.57 Å². The van der Waals surface area contributed by atoms with Crippen LogP contribution in [0.5, 0.6) is 5.75 Å². The molecule has 0 bridgehead atoms. The van der Waals surface area contributed by atoms with Gasteiger partial charge in [0.2, 0.25) is 0 Å². The standard InChI is InChI=1S/C10H9NO.H3O4P/c1-12-9-4-5-10-8(7-9)3-2-6-11-10;1-5(2,3)4/h2-7H,1H3;(H3,1,2,3,4). The molecule has 7 heteroatoms. The van der Waals surface area contributed by atoms with Crippen LogP contribution in [-0.4, -0.2) is 26.8 Å². The highest BCUT2D eigenvalue weighted by molar-refractivity contribution is 7.45. The maximum absolute atomic E-state index is 8.88. The zero-order chi connectivity index (χ0) is 12.9. The third-order valence-electron chi connectivity index (χ3n) is 1.81. The van der Waals surface area contributed by atoms with Crippen LogP contribution in [0.4, 0.5) is 0 Å².